The Morgan fingerprint density at radius 3 is 2.36 bits per heavy atom. The lowest BCUT2D eigenvalue weighted by molar-refractivity contribution is -0.119. The van der Waals surface area contributed by atoms with Crippen LogP contribution in [0.1, 0.15) is 45.4 Å². The maximum absolute atomic E-state index is 11.0. The summed E-state index contributed by atoms with van der Waals surface area (Å²) in [6.45, 7) is 2.78. The molecular weight excluding hydrogens is 138 g/mol. The molecule has 2 heteroatoms. The summed E-state index contributed by atoms with van der Waals surface area (Å²) in [5.74, 6) is 0.379. The Hall–Kier alpha value is -0.370. The fraction of sp³-hybridized carbons (Fsp3) is 0.889. The van der Waals surface area contributed by atoms with E-state index in [1.807, 2.05) is 0 Å². The van der Waals surface area contributed by atoms with E-state index in [0.717, 1.165) is 19.3 Å². The molecule has 0 spiro atoms. The van der Waals surface area contributed by atoms with E-state index >= 15 is 0 Å². The Balaban J connectivity index is 3.09. The zero-order valence-corrected chi connectivity index (χ0v) is 7.44. The fourth-order valence-electron chi connectivity index (χ4n) is 0.996. The van der Waals surface area contributed by atoms with Crippen LogP contribution in [0, 0.1) is 0 Å². The van der Waals surface area contributed by atoms with Crippen LogP contribution in [-0.4, -0.2) is 12.3 Å². The summed E-state index contributed by atoms with van der Waals surface area (Å²) in [5.41, 5.74) is 5.28. The maximum atomic E-state index is 11.0. The lowest BCUT2D eigenvalue weighted by atomic mass is 10.1. The zero-order chi connectivity index (χ0) is 8.53. The molecule has 0 radical (unpaired) electrons. The van der Waals surface area contributed by atoms with Crippen molar-refractivity contribution in [3.8, 4) is 0 Å². The van der Waals surface area contributed by atoms with E-state index < -0.39 is 0 Å². The maximum Gasteiger partial charge on any atom is 0.132 e. The number of hydrogen-bond donors (Lipinski definition) is 1. The topological polar surface area (TPSA) is 43.1 Å². The number of unbranched alkanes of at least 4 members (excludes halogenated alkanes) is 2. The van der Waals surface area contributed by atoms with Crippen molar-refractivity contribution in [1.82, 2.24) is 0 Å². The largest absolute Gasteiger partial charge is 0.330 e. The molecule has 0 atom stereocenters. The van der Waals surface area contributed by atoms with Crippen molar-refractivity contribution in [3.05, 3.63) is 0 Å². The van der Waals surface area contributed by atoms with Gasteiger partial charge in [-0.2, -0.15) is 0 Å². The third-order valence-corrected chi connectivity index (χ3v) is 1.72. The van der Waals surface area contributed by atoms with Crippen molar-refractivity contribution >= 4 is 5.78 Å². The normalized spacial score (nSPS) is 10.0. The molecule has 11 heavy (non-hydrogen) atoms. The van der Waals surface area contributed by atoms with Gasteiger partial charge >= 0.3 is 0 Å². The van der Waals surface area contributed by atoms with Crippen LogP contribution in [0.4, 0.5) is 0 Å². The molecule has 66 valence electrons. The molecule has 0 fully saturated rings. The van der Waals surface area contributed by atoms with E-state index in [1.54, 1.807) is 0 Å². The molecule has 0 aliphatic heterocycles. The van der Waals surface area contributed by atoms with E-state index in [4.69, 9.17) is 5.73 Å². The standard InChI is InChI=1S/C9H19NO/c1-2-3-4-6-9(11)7-5-8-10/h2-8,10H2,1H3. The smallest absolute Gasteiger partial charge is 0.132 e. The molecule has 2 N–H and O–H groups in total. The number of carbonyl (C=O) groups is 1. The molecule has 0 rings (SSSR count). The molecule has 0 amide bonds. The van der Waals surface area contributed by atoms with E-state index in [9.17, 15) is 4.79 Å². The third-order valence-electron chi connectivity index (χ3n) is 1.72. The Kier molecular flexibility index (Phi) is 7.47. The van der Waals surface area contributed by atoms with Gasteiger partial charge in [-0.3, -0.25) is 4.79 Å². The van der Waals surface area contributed by atoms with Crippen LogP contribution in [-0.2, 0) is 4.79 Å². The second kappa shape index (κ2) is 7.73. The van der Waals surface area contributed by atoms with Crippen LogP contribution in [0.2, 0.25) is 0 Å². The van der Waals surface area contributed by atoms with Crippen molar-refractivity contribution in [3.63, 3.8) is 0 Å². The molecule has 0 aromatic rings. The van der Waals surface area contributed by atoms with Gasteiger partial charge in [0.15, 0.2) is 0 Å². The van der Waals surface area contributed by atoms with Gasteiger partial charge < -0.3 is 5.73 Å². The minimum absolute atomic E-state index is 0.379. The first-order valence-corrected chi connectivity index (χ1v) is 4.53. The van der Waals surface area contributed by atoms with Gasteiger partial charge in [-0.1, -0.05) is 19.8 Å². The summed E-state index contributed by atoms with van der Waals surface area (Å²) in [5, 5.41) is 0. The van der Waals surface area contributed by atoms with Crippen molar-refractivity contribution in [2.75, 3.05) is 6.54 Å². The quantitative estimate of drug-likeness (QED) is 0.573. The monoisotopic (exact) mass is 157 g/mol. The summed E-state index contributed by atoms with van der Waals surface area (Å²) < 4.78 is 0. The Labute approximate surface area is 69.2 Å². The zero-order valence-electron chi connectivity index (χ0n) is 7.44. The van der Waals surface area contributed by atoms with E-state index in [2.05, 4.69) is 6.92 Å². The van der Waals surface area contributed by atoms with Crippen LogP contribution in [0.5, 0.6) is 0 Å². The lowest BCUT2D eigenvalue weighted by Crippen LogP contribution is -2.04. The predicted octanol–water partition coefficient (Wildman–Crippen LogP) is 1.87. The highest BCUT2D eigenvalue weighted by Gasteiger charge is 1.99. The fourth-order valence-corrected chi connectivity index (χ4v) is 0.996. The molecule has 0 aromatic carbocycles. The lowest BCUT2D eigenvalue weighted by Gasteiger charge is -1.97. The molecule has 2 nitrogen and oxygen atoms in total. The van der Waals surface area contributed by atoms with Gasteiger partial charge in [-0.15, -0.1) is 0 Å². The van der Waals surface area contributed by atoms with Crippen molar-refractivity contribution in [2.45, 2.75) is 45.4 Å². The van der Waals surface area contributed by atoms with Crippen molar-refractivity contribution in [1.29, 1.82) is 0 Å². The summed E-state index contributed by atoms with van der Waals surface area (Å²) in [6.07, 6.45) is 5.71. The van der Waals surface area contributed by atoms with Crippen LogP contribution in [0.25, 0.3) is 0 Å². The van der Waals surface area contributed by atoms with Crippen LogP contribution in [0.3, 0.4) is 0 Å². The average molecular weight is 157 g/mol. The van der Waals surface area contributed by atoms with Gasteiger partial charge in [-0.05, 0) is 19.4 Å². The van der Waals surface area contributed by atoms with E-state index in [-0.39, 0.29) is 0 Å². The highest BCUT2D eigenvalue weighted by Crippen LogP contribution is 2.02. The summed E-state index contributed by atoms with van der Waals surface area (Å²) in [6, 6.07) is 0. The summed E-state index contributed by atoms with van der Waals surface area (Å²) >= 11 is 0. The minimum Gasteiger partial charge on any atom is -0.330 e. The number of nitrogens with two attached hydrogens (primary N) is 1. The minimum atomic E-state index is 0.379. The highest BCUT2D eigenvalue weighted by molar-refractivity contribution is 5.78. The Morgan fingerprint density at radius 1 is 1.18 bits per heavy atom. The van der Waals surface area contributed by atoms with Gasteiger partial charge in [-0.25, -0.2) is 0 Å². The van der Waals surface area contributed by atoms with E-state index in [0.29, 0.717) is 18.7 Å². The first-order chi connectivity index (χ1) is 5.31. The third kappa shape index (κ3) is 7.53. The van der Waals surface area contributed by atoms with Gasteiger partial charge in [0.25, 0.3) is 0 Å². The molecule has 0 saturated carbocycles. The molecule has 0 unspecified atom stereocenters. The first kappa shape index (κ1) is 10.6. The van der Waals surface area contributed by atoms with Gasteiger partial charge in [0, 0.05) is 12.8 Å². The van der Waals surface area contributed by atoms with Crippen LogP contribution in [0.15, 0.2) is 0 Å². The number of rotatable bonds is 7. The van der Waals surface area contributed by atoms with Gasteiger partial charge in [0.05, 0.1) is 0 Å². The average Bonchev–Trinajstić information content (AvgIpc) is 2.01. The molecule has 0 bridgehead atoms. The second-order valence-corrected chi connectivity index (χ2v) is 2.89. The van der Waals surface area contributed by atoms with Gasteiger partial charge in [0.2, 0.25) is 0 Å². The number of Topliss-reactive ketones (excluding diaryl/α,β-unsaturated/α-hetero) is 1. The highest BCUT2D eigenvalue weighted by atomic mass is 16.1. The van der Waals surface area contributed by atoms with Crippen molar-refractivity contribution in [2.24, 2.45) is 5.73 Å². The Morgan fingerprint density at radius 2 is 1.82 bits per heavy atom. The summed E-state index contributed by atoms with van der Waals surface area (Å²) in [4.78, 5) is 11.0. The number of ketones is 1. The summed E-state index contributed by atoms with van der Waals surface area (Å²) in [7, 11) is 0. The molecule has 0 aliphatic carbocycles. The van der Waals surface area contributed by atoms with Gasteiger partial charge in [0.1, 0.15) is 5.78 Å². The van der Waals surface area contributed by atoms with Crippen LogP contribution < -0.4 is 5.73 Å². The number of carbonyl (C=O) groups excluding carboxylic acids is 1. The predicted molar refractivity (Wildman–Crippen MR) is 47.4 cm³/mol. The van der Waals surface area contributed by atoms with E-state index in [1.165, 1.54) is 12.8 Å². The second-order valence-electron chi connectivity index (χ2n) is 2.89. The molecule has 0 aromatic heterocycles. The molecule has 0 heterocycles. The Bertz CT molecular complexity index is 102. The molecular formula is C9H19NO. The first-order valence-electron chi connectivity index (χ1n) is 4.53. The molecule has 0 aliphatic rings. The SMILES string of the molecule is CCCCCC(=O)CCCN. The van der Waals surface area contributed by atoms with Crippen molar-refractivity contribution < 1.29 is 4.79 Å². The van der Waals surface area contributed by atoms with Crippen LogP contribution >= 0.6 is 0 Å². The molecule has 0 saturated heterocycles. The number of hydrogen-bond acceptors (Lipinski definition) is 2.